The Labute approximate surface area is 113 Å². The van der Waals surface area contributed by atoms with Crippen LogP contribution in [0.4, 0.5) is 0 Å². The minimum absolute atomic E-state index is 0.0920. The molecule has 0 aliphatic rings. The summed E-state index contributed by atoms with van der Waals surface area (Å²) in [4.78, 5) is 0. The van der Waals surface area contributed by atoms with E-state index in [9.17, 15) is 10.2 Å². The highest BCUT2D eigenvalue weighted by atomic mass is 16.3. The van der Waals surface area contributed by atoms with Crippen molar-refractivity contribution in [3.63, 3.8) is 0 Å². The van der Waals surface area contributed by atoms with Gasteiger partial charge in [-0.2, -0.15) is 0 Å². The van der Waals surface area contributed by atoms with Crippen molar-refractivity contribution in [2.24, 2.45) is 0 Å². The van der Waals surface area contributed by atoms with Gasteiger partial charge in [0, 0.05) is 5.92 Å². The lowest BCUT2D eigenvalue weighted by Gasteiger charge is -2.08. The fourth-order valence-corrected chi connectivity index (χ4v) is 1.82. The lowest BCUT2D eigenvalue weighted by molar-refractivity contribution is 0.474. The summed E-state index contributed by atoms with van der Waals surface area (Å²) in [7, 11) is 0. The number of phenolic OH excluding ortho intramolecular Hbond substituents is 2. The first kappa shape index (κ1) is 13.0. The highest BCUT2D eigenvalue weighted by Crippen LogP contribution is 2.22. The maximum absolute atomic E-state index is 9.28. The molecule has 0 fully saturated rings. The Balaban J connectivity index is 2.17. The number of aromatic hydroxyl groups is 2. The van der Waals surface area contributed by atoms with E-state index in [2.05, 4.69) is 6.58 Å². The zero-order chi connectivity index (χ0) is 13.7. The number of allylic oxidation sites excluding steroid dienone is 2. The van der Waals surface area contributed by atoms with E-state index < -0.39 is 0 Å². The summed E-state index contributed by atoms with van der Waals surface area (Å²) >= 11 is 0. The first-order valence-electron chi connectivity index (χ1n) is 6.08. The second kappa shape index (κ2) is 5.91. The summed E-state index contributed by atoms with van der Waals surface area (Å²) < 4.78 is 0. The molecule has 1 unspecified atom stereocenters. The minimum Gasteiger partial charge on any atom is -0.508 e. The van der Waals surface area contributed by atoms with E-state index in [0.717, 1.165) is 11.1 Å². The van der Waals surface area contributed by atoms with Crippen molar-refractivity contribution in [2.75, 3.05) is 0 Å². The van der Waals surface area contributed by atoms with E-state index in [1.165, 1.54) is 0 Å². The molecule has 1 atom stereocenters. The van der Waals surface area contributed by atoms with Gasteiger partial charge in [0.1, 0.15) is 11.5 Å². The standard InChI is InChI=1S/C17H16O2/c1-2-14(15-7-11-17(19)12-8-15)6-3-13-4-9-16(18)10-5-13/h2-12,14,18-19H,1H2/b6-3+. The number of hydrogen-bond donors (Lipinski definition) is 2. The predicted molar refractivity (Wildman–Crippen MR) is 78.2 cm³/mol. The molecule has 0 aliphatic heterocycles. The van der Waals surface area contributed by atoms with Crippen molar-refractivity contribution in [2.45, 2.75) is 5.92 Å². The second-order valence-corrected chi connectivity index (χ2v) is 4.30. The van der Waals surface area contributed by atoms with Gasteiger partial charge in [-0.1, -0.05) is 42.5 Å². The minimum atomic E-state index is 0.0920. The van der Waals surface area contributed by atoms with E-state index in [-0.39, 0.29) is 17.4 Å². The molecule has 19 heavy (non-hydrogen) atoms. The third-order valence-electron chi connectivity index (χ3n) is 2.92. The molecule has 0 amide bonds. The lowest BCUT2D eigenvalue weighted by Crippen LogP contribution is -1.89. The highest BCUT2D eigenvalue weighted by Gasteiger charge is 2.03. The smallest absolute Gasteiger partial charge is 0.115 e. The molecule has 0 heterocycles. The van der Waals surface area contributed by atoms with Crippen molar-refractivity contribution >= 4 is 6.08 Å². The summed E-state index contributed by atoms with van der Waals surface area (Å²) in [6.07, 6.45) is 5.87. The van der Waals surface area contributed by atoms with Crippen LogP contribution in [0.1, 0.15) is 17.0 Å². The largest absolute Gasteiger partial charge is 0.508 e. The van der Waals surface area contributed by atoms with E-state index in [0.29, 0.717) is 0 Å². The molecule has 0 saturated carbocycles. The number of benzene rings is 2. The molecule has 2 nitrogen and oxygen atoms in total. The molecular weight excluding hydrogens is 236 g/mol. The normalized spacial score (nSPS) is 12.4. The Kier molecular flexibility index (Phi) is 4.04. The van der Waals surface area contributed by atoms with E-state index in [1.807, 2.05) is 42.5 Å². The Morgan fingerprint density at radius 3 is 1.89 bits per heavy atom. The van der Waals surface area contributed by atoms with Crippen LogP contribution in [0.25, 0.3) is 6.08 Å². The third-order valence-corrected chi connectivity index (χ3v) is 2.92. The van der Waals surface area contributed by atoms with Gasteiger partial charge >= 0.3 is 0 Å². The van der Waals surface area contributed by atoms with Crippen LogP contribution in [-0.2, 0) is 0 Å². The molecule has 2 aromatic rings. The Hall–Kier alpha value is -2.48. The van der Waals surface area contributed by atoms with Crippen LogP contribution in [0.15, 0.2) is 67.3 Å². The molecule has 0 aromatic heterocycles. The Morgan fingerprint density at radius 1 is 0.842 bits per heavy atom. The molecule has 0 saturated heterocycles. The molecule has 0 aliphatic carbocycles. The fraction of sp³-hybridized carbons (Fsp3) is 0.0588. The summed E-state index contributed by atoms with van der Waals surface area (Å²) in [5.41, 5.74) is 2.09. The van der Waals surface area contributed by atoms with Gasteiger partial charge in [-0.3, -0.25) is 0 Å². The zero-order valence-electron chi connectivity index (χ0n) is 10.5. The van der Waals surface area contributed by atoms with Crippen LogP contribution in [-0.4, -0.2) is 10.2 Å². The first-order valence-corrected chi connectivity index (χ1v) is 6.08. The molecule has 96 valence electrons. The van der Waals surface area contributed by atoms with Gasteiger partial charge in [0.05, 0.1) is 0 Å². The number of phenols is 2. The van der Waals surface area contributed by atoms with Gasteiger partial charge in [-0.25, -0.2) is 0 Å². The van der Waals surface area contributed by atoms with Crippen LogP contribution in [0.5, 0.6) is 11.5 Å². The maximum atomic E-state index is 9.28. The molecule has 2 rings (SSSR count). The van der Waals surface area contributed by atoms with Crippen molar-refractivity contribution in [1.29, 1.82) is 0 Å². The van der Waals surface area contributed by atoms with Gasteiger partial charge in [0.2, 0.25) is 0 Å². The third kappa shape index (κ3) is 3.49. The van der Waals surface area contributed by atoms with Gasteiger partial charge in [-0.05, 0) is 35.4 Å². The topological polar surface area (TPSA) is 40.5 Å². The number of rotatable bonds is 4. The number of hydrogen-bond acceptors (Lipinski definition) is 2. The molecule has 2 N–H and O–H groups in total. The Bertz CT molecular complexity index is 565. The quantitative estimate of drug-likeness (QED) is 0.805. The highest BCUT2D eigenvalue weighted by molar-refractivity contribution is 5.52. The molecule has 0 bridgehead atoms. The van der Waals surface area contributed by atoms with Gasteiger partial charge in [0.15, 0.2) is 0 Å². The van der Waals surface area contributed by atoms with Gasteiger partial charge in [-0.15, -0.1) is 6.58 Å². The van der Waals surface area contributed by atoms with Crippen LogP contribution in [0.3, 0.4) is 0 Å². The zero-order valence-corrected chi connectivity index (χ0v) is 10.5. The van der Waals surface area contributed by atoms with E-state index in [1.54, 1.807) is 24.3 Å². The SMILES string of the molecule is C=CC(/C=C/c1ccc(O)cc1)c1ccc(O)cc1. The van der Waals surface area contributed by atoms with Crippen molar-refractivity contribution in [3.8, 4) is 11.5 Å². The molecular formula is C17H16O2. The maximum Gasteiger partial charge on any atom is 0.115 e. The van der Waals surface area contributed by atoms with Crippen LogP contribution in [0, 0.1) is 0 Å². The van der Waals surface area contributed by atoms with Crippen molar-refractivity contribution in [3.05, 3.63) is 78.4 Å². The van der Waals surface area contributed by atoms with Crippen LogP contribution in [0.2, 0.25) is 0 Å². The van der Waals surface area contributed by atoms with Crippen molar-refractivity contribution in [1.82, 2.24) is 0 Å². The summed E-state index contributed by atoms with van der Waals surface area (Å²) in [5, 5.41) is 18.5. The second-order valence-electron chi connectivity index (χ2n) is 4.30. The van der Waals surface area contributed by atoms with E-state index >= 15 is 0 Å². The van der Waals surface area contributed by atoms with Gasteiger partial charge in [0.25, 0.3) is 0 Å². The molecule has 2 aromatic carbocycles. The summed E-state index contributed by atoms with van der Waals surface area (Å²) in [6.45, 7) is 3.83. The van der Waals surface area contributed by atoms with Gasteiger partial charge < -0.3 is 10.2 Å². The molecule has 0 spiro atoms. The average molecular weight is 252 g/mol. The fourth-order valence-electron chi connectivity index (χ4n) is 1.82. The molecule has 0 radical (unpaired) electrons. The average Bonchev–Trinajstić information content (AvgIpc) is 2.43. The first-order chi connectivity index (χ1) is 9.19. The molecule has 2 heteroatoms. The predicted octanol–water partition coefficient (Wildman–Crippen LogP) is 4.08. The van der Waals surface area contributed by atoms with Crippen LogP contribution < -0.4 is 0 Å². The van der Waals surface area contributed by atoms with Crippen molar-refractivity contribution < 1.29 is 10.2 Å². The summed E-state index contributed by atoms with van der Waals surface area (Å²) in [5.74, 6) is 0.611. The van der Waals surface area contributed by atoms with E-state index in [4.69, 9.17) is 0 Å². The Morgan fingerprint density at radius 2 is 1.37 bits per heavy atom. The monoisotopic (exact) mass is 252 g/mol. The summed E-state index contributed by atoms with van der Waals surface area (Å²) in [6, 6.07) is 14.1. The lowest BCUT2D eigenvalue weighted by atomic mass is 9.98. The van der Waals surface area contributed by atoms with Crippen LogP contribution >= 0.6 is 0 Å².